The molecule has 1 atom stereocenters. The molecule has 0 aliphatic rings. The van der Waals surface area contributed by atoms with E-state index in [0.29, 0.717) is 12.1 Å². The van der Waals surface area contributed by atoms with Crippen molar-refractivity contribution in [2.45, 2.75) is 6.10 Å². The van der Waals surface area contributed by atoms with Crippen molar-refractivity contribution in [3.8, 4) is 0 Å². The molecule has 0 amide bonds. The van der Waals surface area contributed by atoms with Gasteiger partial charge in [0.1, 0.15) is 23.6 Å². The van der Waals surface area contributed by atoms with Crippen LogP contribution in [0.4, 0.5) is 13.2 Å². The highest BCUT2D eigenvalue weighted by Gasteiger charge is 2.22. The van der Waals surface area contributed by atoms with Gasteiger partial charge in [-0.3, -0.25) is 4.68 Å². The van der Waals surface area contributed by atoms with Gasteiger partial charge in [0.2, 0.25) is 0 Å². The Morgan fingerprint density at radius 3 is 2.29 bits per heavy atom. The van der Waals surface area contributed by atoms with Gasteiger partial charge in [-0.05, 0) is 6.07 Å². The first-order chi connectivity index (χ1) is 8.00. The fourth-order valence-corrected chi connectivity index (χ4v) is 1.61. The van der Waals surface area contributed by atoms with Crippen molar-refractivity contribution in [2.75, 3.05) is 0 Å². The Morgan fingerprint density at radius 1 is 1.24 bits per heavy atom. The van der Waals surface area contributed by atoms with Crippen molar-refractivity contribution < 1.29 is 18.3 Å². The summed E-state index contributed by atoms with van der Waals surface area (Å²) in [6.45, 7) is 0. The molecule has 1 aromatic carbocycles. The van der Waals surface area contributed by atoms with E-state index >= 15 is 0 Å². The number of aryl methyl sites for hydroxylation is 1. The standard InChI is InChI=1S/C11H9F3N2O/c1-16-9(2-3-15-16)11(17)10-7(13)4-6(12)5-8(10)14/h2-5,11,17H,1H3. The van der Waals surface area contributed by atoms with E-state index in [9.17, 15) is 18.3 Å². The summed E-state index contributed by atoms with van der Waals surface area (Å²) in [5, 5.41) is 13.6. The fourth-order valence-electron chi connectivity index (χ4n) is 1.61. The van der Waals surface area contributed by atoms with Crippen LogP contribution in [-0.4, -0.2) is 14.9 Å². The molecule has 0 saturated carbocycles. The van der Waals surface area contributed by atoms with Crippen LogP contribution >= 0.6 is 0 Å². The normalized spacial score (nSPS) is 12.8. The van der Waals surface area contributed by atoms with Gasteiger partial charge in [-0.15, -0.1) is 0 Å². The molecule has 2 aromatic rings. The predicted molar refractivity (Wildman–Crippen MR) is 53.6 cm³/mol. The maximum Gasteiger partial charge on any atom is 0.135 e. The van der Waals surface area contributed by atoms with E-state index in [4.69, 9.17) is 0 Å². The van der Waals surface area contributed by atoms with Crippen molar-refractivity contribution >= 4 is 0 Å². The first-order valence-electron chi connectivity index (χ1n) is 4.81. The summed E-state index contributed by atoms with van der Waals surface area (Å²) in [6, 6.07) is 2.48. The number of hydrogen-bond donors (Lipinski definition) is 1. The molecule has 0 bridgehead atoms. The fraction of sp³-hybridized carbons (Fsp3) is 0.182. The number of halogens is 3. The van der Waals surface area contributed by atoms with Crippen molar-refractivity contribution in [3.05, 3.63) is 53.1 Å². The quantitative estimate of drug-likeness (QED) is 0.873. The van der Waals surface area contributed by atoms with Crippen LogP contribution in [0.2, 0.25) is 0 Å². The zero-order valence-corrected chi connectivity index (χ0v) is 8.86. The Labute approximate surface area is 95.1 Å². The SMILES string of the molecule is Cn1nccc1C(O)c1c(F)cc(F)cc1F. The summed E-state index contributed by atoms with van der Waals surface area (Å²) in [5.74, 6) is -3.28. The van der Waals surface area contributed by atoms with Gasteiger partial charge in [0, 0.05) is 25.4 Å². The zero-order chi connectivity index (χ0) is 12.6. The molecule has 2 rings (SSSR count). The monoisotopic (exact) mass is 242 g/mol. The van der Waals surface area contributed by atoms with E-state index in [1.165, 1.54) is 24.0 Å². The summed E-state index contributed by atoms with van der Waals surface area (Å²) in [5.41, 5.74) is -0.371. The molecule has 6 heteroatoms. The highest BCUT2D eigenvalue weighted by Crippen LogP contribution is 2.26. The molecule has 0 aliphatic heterocycles. The maximum absolute atomic E-state index is 13.4. The molecule has 0 fully saturated rings. The van der Waals surface area contributed by atoms with E-state index in [-0.39, 0.29) is 5.69 Å². The number of aliphatic hydroxyl groups is 1. The van der Waals surface area contributed by atoms with Gasteiger partial charge in [-0.2, -0.15) is 5.10 Å². The molecular weight excluding hydrogens is 233 g/mol. The Kier molecular flexibility index (Phi) is 2.89. The third-order valence-corrected chi connectivity index (χ3v) is 2.46. The van der Waals surface area contributed by atoms with Gasteiger partial charge in [0.05, 0.1) is 11.3 Å². The van der Waals surface area contributed by atoms with Gasteiger partial charge in [0.15, 0.2) is 0 Å². The number of hydrogen-bond acceptors (Lipinski definition) is 2. The molecule has 1 unspecified atom stereocenters. The molecule has 0 saturated heterocycles. The average molecular weight is 242 g/mol. The van der Waals surface area contributed by atoms with Crippen LogP contribution in [0.15, 0.2) is 24.4 Å². The topological polar surface area (TPSA) is 38.0 Å². The lowest BCUT2D eigenvalue weighted by atomic mass is 10.1. The third-order valence-electron chi connectivity index (χ3n) is 2.46. The molecule has 0 radical (unpaired) electrons. The van der Waals surface area contributed by atoms with E-state index in [2.05, 4.69) is 5.10 Å². The summed E-state index contributed by atoms with van der Waals surface area (Å²) in [6.07, 6.45) is -0.138. The summed E-state index contributed by atoms with van der Waals surface area (Å²) in [7, 11) is 1.53. The molecule has 0 spiro atoms. The predicted octanol–water partition coefficient (Wildman–Crippen LogP) is 1.92. The number of aromatic nitrogens is 2. The first-order valence-corrected chi connectivity index (χ1v) is 4.81. The van der Waals surface area contributed by atoms with Gasteiger partial charge >= 0.3 is 0 Å². The van der Waals surface area contributed by atoms with Crippen LogP contribution in [0.3, 0.4) is 0 Å². The van der Waals surface area contributed by atoms with E-state index in [1.54, 1.807) is 0 Å². The van der Waals surface area contributed by atoms with Crippen LogP contribution in [0.5, 0.6) is 0 Å². The lowest BCUT2D eigenvalue weighted by Crippen LogP contribution is -2.10. The van der Waals surface area contributed by atoms with Crippen LogP contribution in [0.25, 0.3) is 0 Å². The smallest absolute Gasteiger partial charge is 0.135 e. The van der Waals surface area contributed by atoms with E-state index < -0.39 is 29.1 Å². The van der Waals surface area contributed by atoms with Crippen LogP contribution in [-0.2, 0) is 7.05 Å². The number of rotatable bonds is 2. The highest BCUT2D eigenvalue weighted by molar-refractivity contribution is 5.28. The largest absolute Gasteiger partial charge is 0.382 e. The van der Waals surface area contributed by atoms with Crippen molar-refractivity contribution in [3.63, 3.8) is 0 Å². The Bertz CT molecular complexity index is 530. The molecule has 90 valence electrons. The maximum atomic E-state index is 13.4. The number of nitrogens with zero attached hydrogens (tertiary/aromatic N) is 2. The first kappa shape index (κ1) is 11.7. The molecule has 1 N–H and O–H groups in total. The van der Waals surface area contributed by atoms with E-state index in [1.807, 2.05) is 0 Å². The van der Waals surface area contributed by atoms with Crippen LogP contribution in [0, 0.1) is 17.5 Å². The van der Waals surface area contributed by atoms with Gasteiger partial charge < -0.3 is 5.11 Å². The molecule has 0 aliphatic carbocycles. The Morgan fingerprint density at radius 2 is 1.82 bits per heavy atom. The minimum absolute atomic E-state index is 0.217. The summed E-state index contributed by atoms with van der Waals surface area (Å²) in [4.78, 5) is 0. The Balaban J connectivity index is 2.51. The summed E-state index contributed by atoms with van der Waals surface area (Å²) >= 11 is 0. The zero-order valence-electron chi connectivity index (χ0n) is 8.86. The lowest BCUT2D eigenvalue weighted by molar-refractivity contribution is 0.198. The minimum Gasteiger partial charge on any atom is -0.382 e. The van der Waals surface area contributed by atoms with Crippen molar-refractivity contribution in [2.24, 2.45) is 7.05 Å². The van der Waals surface area contributed by atoms with Gasteiger partial charge in [0.25, 0.3) is 0 Å². The lowest BCUT2D eigenvalue weighted by Gasteiger charge is -2.13. The van der Waals surface area contributed by atoms with Crippen LogP contribution in [0.1, 0.15) is 17.4 Å². The highest BCUT2D eigenvalue weighted by atomic mass is 19.1. The van der Waals surface area contributed by atoms with Crippen molar-refractivity contribution in [1.82, 2.24) is 9.78 Å². The van der Waals surface area contributed by atoms with E-state index in [0.717, 1.165) is 0 Å². The second-order valence-electron chi connectivity index (χ2n) is 3.57. The van der Waals surface area contributed by atoms with Gasteiger partial charge in [-0.25, -0.2) is 13.2 Å². The molecule has 3 nitrogen and oxygen atoms in total. The molecule has 17 heavy (non-hydrogen) atoms. The molecule has 1 aromatic heterocycles. The second-order valence-corrected chi connectivity index (χ2v) is 3.57. The summed E-state index contributed by atoms with van der Waals surface area (Å²) < 4.78 is 40.8. The minimum atomic E-state index is -1.52. The second kappa shape index (κ2) is 4.21. The Hall–Kier alpha value is -1.82. The van der Waals surface area contributed by atoms with Crippen LogP contribution < -0.4 is 0 Å². The molecule has 1 heterocycles. The number of benzene rings is 1. The van der Waals surface area contributed by atoms with Gasteiger partial charge in [-0.1, -0.05) is 0 Å². The average Bonchev–Trinajstić information content (AvgIpc) is 2.62. The van der Waals surface area contributed by atoms with Crippen molar-refractivity contribution in [1.29, 1.82) is 0 Å². The number of aliphatic hydroxyl groups excluding tert-OH is 1. The molecular formula is C11H9F3N2O. The third kappa shape index (κ3) is 2.03.